The molecule has 1 aromatic heterocycles. The lowest BCUT2D eigenvalue weighted by molar-refractivity contribution is -0.137. The van der Waals surface area contributed by atoms with Crippen molar-refractivity contribution < 1.29 is 14.4 Å². The SMILES string of the molecule is Cc1nc([C@H]2CCCCN2C(=O)CN2CCNC(=O)C2)nc2c1CCC(=O)N2CC(C)C. The second-order valence-electron chi connectivity index (χ2n) is 9.53. The molecule has 0 aliphatic carbocycles. The summed E-state index contributed by atoms with van der Waals surface area (Å²) in [4.78, 5) is 52.9. The molecular weight excluding hydrogens is 408 g/mol. The quantitative estimate of drug-likeness (QED) is 0.736. The highest BCUT2D eigenvalue weighted by atomic mass is 16.2. The fourth-order valence-electron chi connectivity index (χ4n) is 4.91. The van der Waals surface area contributed by atoms with Crippen LogP contribution in [0.1, 0.15) is 62.7 Å². The average molecular weight is 443 g/mol. The van der Waals surface area contributed by atoms with Crippen molar-refractivity contribution in [3.8, 4) is 0 Å². The summed E-state index contributed by atoms with van der Waals surface area (Å²) in [6.45, 7) is 9.20. The van der Waals surface area contributed by atoms with E-state index in [1.165, 1.54) is 0 Å². The van der Waals surface area contributed by atoms with E-state index in [9.17, 15) is 14.4 Å². The van der Waals surface area contributed by atoms with Crippen molar-refractivity contribution in [3.05, 3.63) is 17.1 Å². The maximum Gasteiger partial charge on any atom is 0.237 e. The molecule has 174 valence electrons. The fraction of sp³-hybridized carbons (Fsp3) is 0.696. The van der Waals surface area contributed by atoms with Gasteiger partial charge in [0.2, 0.25) is 17.7 Å². The van der Waals surface area contributed by atoms with Crippen LogP contribution in [0.2, 0.25) is 0 Å². The molecule has 4 rings (SSSR count). The number of fused-ring (bicyclic) bond motifs is 1. The lowest BCUT2D eigenvalue weighted by Gasteiger charge is -2.38. The van der Waals surface area contributed by atoms with Gasteiger partial charge in [0.1, 0.15) is 5.82 Å². The standard InChI is InChI=1S/C23H34N6O3/c1-15(2)12-29-20(31)8-7-17-16(3)25-22(26-23(17)29)18-6-4-5-10-28(18)21(32)14-27-11-9-24-19(30)13-27/h15,18H,4-14H2,1-3H3,(H,24,30)/t18-/m1/s1. The third-order valence-corrected chi connectivity index (χ3v) is 6.50. The molecule has 3 aliphatic rings. The van der Waals surface area contributed by atoms with E-state index in [2.05, 4.69) is 19.2 Å². The first kappa shape index (κ1) is 22.6. The van der Waals surface area contributed by atoms with E-state index >= 15 is 0 Å². The van der Waals surface area contributed by atoms with E-state index in [1.807, 2.05) is 21.6 Å². The van der Waals surface area contributed by atoms with E-state index in [1.54, 1.807) is 0 Å². The number of nitrogens with zero attached hydrogens (tertiary/aromatic N) is 5. The molecule has 1 N–H and O–H groups in total. The summed E-state index contributed by atoms with van der Waals surface area (Å²) >= 11 is 0. The minimum Gasteiger partial charge on any atom is -0.354 e. The van der Waals surface area contributed by atoms with Gasteiger partial charge in [-0.15, -0.1) is 0 Å². The molecule has 0 unspecified atom stereocenters. The molecule has 0 aromatic carbocycles. The summed E-state index contributed by atoms with van der Waals surface area (Å²) in [5, 5.41) is 2.80. The molecule has 3 aliphatic heterocycles. The molecule has 4 heterocycles. The van der Waals surface area contributed by atoms with Gasteiger partial charge in [0.15, 0.2) is 5.82 Å². The third kappa shape index (κ3) is 4.77. The molecule has 0 bridgehead atoms. The van der Waals surface area contributed by atoms with Crippen LogP contribution in [0.25, 0.3) is 0 Å². The molecular formula is C23H34N6O3. The van der Waals surface area contributed by atoms with Crippen LogP contribution in [0, 0.1) is 12.8 Å². The minimum absolute atomic E-state index is 0.0125. The number of piperidine rings is 1. The van der Waals surface area contributed by atoms with E-state index in [0.29, 0.717) is 50.8 Å². The number of aromatic nitrogens is 2. The maximum atomic E-state index is 13.2. The molecule has 0 spiro atoms. The highest BCUT2D eigenvalue weighted by molar-refractivity contribution is 5.95. The summed E-state index contributed by atoms with van der Waals surface area (Å²) in [6, 6.07) is -0.197. The number of carbonyl (C=O) groups excluding carboxylic acids is 3. The van der Waals surface area contributed by atoms with Crippen LogP contribution in [0.15, 0.2) is 0 Å². The maximum absolute atomic E-state index is 13.2. The lowest BCUT2D eigenvalue weighted by atomic mass is 9.99. The topological polar surface area (TPSA) is 98.7 Å². The monoisotopic (exact) mass is 442 g/mol. The van der Waals surface area contributed by atoms with Crippen LogP contribution < -0.4 is 10.2 Å². The third-order valence-electron chi connectivity index (χ3n) is 6.50. The molecule has 3 amide bonds. The highest BCUT2D eigenvalue weighted by Crippen LogP contribution is 2.34. The second kappa shape index (κ2) is 9.52. The average Bonchev–Trinajstić information content (AvgIpc) is 2.75. The number of rotatable bonds is 5. The van der Waals surface area contributed by atoms with Crippen LogP contribution in [0.3, 0.4) is 0 Å². The second-order valence-corrected chi connectivity index (χ2v) is 9.53. The number of hydrogen-bond acceptors (Lipinski definition) is 6. The van der Waals surface area contributed by atoms with Crippen molar-refractivity contribution in [3.63, 3.8) is 0 Å². The molecule has 9 heteroatoms. The predicted octanol–water partition coefficient (Wildman–Crippen LogP) is 1.21. The number of anilines is 1. The van der Waals surface area contributed by atoms with Crippen LogP contribution in [0.4, 0.5) is 5.82 Å². The van der Waals surface area contributed by atoms with E-state index < -0.39 is 0 Å². The van der Waals surface area contributed by atoms with Crippen LogP contribution in [-0.2, 0) is 20.8 Å². The summed E-state index contributed by atoms with van der Waals surface area (Å²) in [7, 11) is 0. The molecule has 9 nitrogen and oxygen atoms in total. The Morgan fingerprint density at radius 1 is 1.16 bits per heavy atom. The number of hydrogen-bond donors (Lipinski definition) is 1. The Balaban J connectivity index is 1.60. The Labute approximate surface area is 189 Å². The largest absolute Gasteiger partial charge is 0.354 e. The summed E-state index contributed by atoms with van der Waals surface area (Å²) in [5.74, 6) is 1.77. The Hall–Kier alpha value is -2.55. The van der Waals surface area contributed by atoms with Crippen molar-refractivity contribution in [2.75, 3.05) is 44.2 Å². The first-order valence-electron chi connectivity index (χ1n) is 11.8. The molecule has 1 atom stereocenters. The number of likely N-dealkylation sites (tertiary alicyclic amines) is 1. The van der Waals surface area contributed by atoms with Gasteiger partial charge in [-0.05, 0) is 38.5 Å². The van der Waals surface area contributed by atoms with Crippen molar-refractivity contribution in [2.24, 2.45) is 5.92 Å². The zero-order valence-electron chi connectivity index (χ0n) is 19.4. The summed E-state index contributed by atoms with van der Waals surface area (Å²) in [6.07, 6.45) is 3.92. The molecule has 0 saturated carbocycles. The van der Waals surface area contributed by atoms with Crippen LogP contribution >= 0.6 is 0 Å². The van der Waals surface area contributed by atoms with Gasteiger partial charge in [0.25, 0.3) is 0 Å². The number of amides is 3. The first-order valence-corrected chi connectivity index (χ1v) is 11.8. The van der Waals surface area contributed by atoms with Crippen molar-refractivity contribution in [1.82, 2.24) is 25.1 Å². The van der Waals surface area contributed by atoms with Gasteiger partial charge in [0.05, 0.1) is 19.1 Å². The Morgan fingerprint density at radius 3 is 2.72 bits per heavy atom. The van der Waals surface area contributed by atoms with E-state index in [4.69, 9.17) is 9.97 Å². The van der Waals surface area contributed by atoms with E-state index in [0.717, 1.165) is 36.3 Å². The Morgan fingerprint density at radius 2 is 1.97 bits per heavy atom. The van der Waals surface area contributed by atoms with Gasteiger partial charge in [-0.25, -0.2) is 9.97 Å². The Kier molecular flexibility index (Phi) is 6.74. The summed E-state index contributed by atoms with van der Waals surface area (Å²) in [5.41, 5.74) is 1.94. The van der Waals surface area contributed by atoms with Crippen LogP contribution in [0.5, 0.6) is 0 Å². The number of aryl methyl sites for hydroxylation is 1. The van der Waals surface area contributed by atoms with Crippen molar-refractivity contribution >= 4 is 23.5 Å². The normalized spacial score (nSPS) is 22.2. The van der Waals surface area contributed by atoms with Gasteiger partial charge in [-0.2, -0.15) is 0 Å². The molecule has 2 saturated heterocycles. The van der Waals surface area contributed by atoms with Gasteiger partial charge >= 0.3 is 0 Å². The molecule has 0 radical (unpaired) electrons. The van der Waals surface area contributed by atoms with Crippen LogP contribution in [-0.4, -0.2) is 76.8 Å². The van der Waals surface area contributed by atoms with Gasteiger partial charge in [0, 0.05) is 43.9 Å². The fourth-order valence-corrected chi connectivity index (χ4v) is 4.91. The number of piperazine rings is 1. The highest BCUT2D eigenvalue weighted by Gasteiger charge is 2.34. The van der Waals surface area contributed by atoms with E-state index in [-0.39, 0.29) is 36.9 Å². The predicted molar refractivity (Wildman–Crippen MR) is 120 cm³/mol. The first-order chi connectivity index (χ1) is 15.3. The van der Waals surface area contributed by atoms with Gasteiger partial charge in [-0.3, -0.25) is 24.2 Å². The zero-order valence-corrected chi connectivity index (χ0v) is 19.4. The van der Waals surface area contributed by atoms with Gasteiger partial charge < -0.3 is 10.2 Å². The lowest BCUT2D eigenvalue weighted by Crippen LogP contribution is -2.52. The van der Waals surface area contributed by atoms with Crippen molar-refractivity contribution in [2.45, 2.75) is 58.9 Å². The van der Waals surface area contributed by atoms with Gasteiger partial charge in [-0.1, -0.05) is 13.8 Å². The summed E-state index contributed by atoms with van der Waals surface area (Å²) < 4.78 is 0. The smallest absolute Gasteiger partial charge is 0.237 e. The molecule has 2 fully saturated rings. The minimum atomic E-state index is -0.197. The Bertz CT molecular complexity index is 902. The number of carbonyl (C=O) groups is 3. The molecule has 1 aromatic rings. The zero-order chi connectivity index (χ0) is 22.8. The van der Waals surface area contributed by atoms with Crippen molar-refractivity contribution in [1.29, 1.82) is 0 Å². The number of nitrogens with one attached hydrogen (secondary N) is 1. The molecule has 32 heavy (non-hydrogen) atoms.